The van der Waals surface area contributed by atoms with Crippen LogP contribution in [0.5, 0.6) is 11.5 Å². The van der Waals surface area contributed by atoms with Crippen molar-refractivity contribution in [2.24, 2.45) is 0 Å². The molecule has 1 fully saturated rings. The monoisotopic (exact) mass is 479 g/mol. The molecule has 35 heavy (non-hydrogen) atoms. The van der Waals surface area contributed by atoms with Crippen LogP contribution < -0.4 is 9.47 Å². The van der Waals surface area contributed by atoms with Crippen LogP contribution in [-0.2, 0) is 16.1 Å². The van der Waals surface area contributed by atoms with Gasteiger partial charge in [-0.05, 0) is 60.5 Å². The number of nitrogens with zero attached hydrogens (tertiary/aromatic N) is 1. The summed E-state index contributed by atoms with van der Waals surface area (Å²) in [5.74, 6) is -1.06. The van der Waals surface area contributed by atoms with Gasteiger partial charge in [0.2, 0.25) is 0 Å². The number of aliphatic hydroxyl groups excluding tert-OH is 1. The molecule has 0 bridgehead atoms. The Hall–Kier alpha value is -4.07. The van der Waals surface area contributed by atoms with Crippen LogP contribution in [0, 0.1) is 5.82 Å². The first-order valence-electron chi connectivity index (χ1n) is 11.3. The molecule has 1 N–H and O–H groups in total. The molecule has 0 aliphatic carbocycles. The molecular weight excluding hydrogens is 453 g/mol. The number of furan rings is 1. The molecule has 2 heterocycles. The Kier molecular flexibility index (Phi) is 7.19. The molecular formula is C27H26FNO6. The lowest BCUT2D eigenvalue weighted by atomic mass is 9.95. The SMILES string of the molecule is CCCCOc1ccc(C2/C(=C(\O)c3ccc(F)cc3)C(=O)C(=O)N2Cc2ccco2)cc1OC. The van der Waals surface area contributed by atoms with E-state index in [0.29, 0.717) is 29.4 Å². The highest BCUT2D eigenvalue weighted by molar-refractivity contribution is 6.46. The van der Waals surface area contributed by atoms with Crippen molar-refractivity contribution in [3.63, 3.8) is 0 Å². The second-order valence-electron chi connectivity index (χ2n) is 8.13. The smallest absolute Gasteiger partial charge is 0.296 e. The van der Waals surface area contributed by atoms with Gasteiger partial charge in [0.15, 0.2) is 11.5 Å². The van der Waals surface area contributed by atoms with Crippen LogP contribution in [0.2, 0.25) is 0 Å². The molecule has 1 aromatic heterocycles. The lowest BCUT2D eigenvalue weighted by Crippen LogP contribution is -2.29. The van der Waals surface area contributed by atoms with Gasteiger partial charge in [0.1, 0.15) is 17.3 Å². The van der Waals surface area contributed by atoms with Crippen molar-refractivity contribution in [1.82, 2.24) is 4.90 Å². The number of hydrogen-bond donors (Lipinski definition) is 1. The van der Waals surface area contributed by atoms with Gasteiger partial charge < -0.3 is 23.9 Å². The zero-order valence-electron chi connectivity index (χ0n) is 19.5. The van der Waals surface area contributed by atoms with Gasteiger partial charge in [0, 0.05) is 5.56 Å². The minimum atomic E-state index is -0.927. The predicted molar refractivity (Wildman–Crippen MR) is 126 cm³/mol. The first-order valence-corrected chi connectivity index (χ1v) is 11.3. The van der Waals surface area contributed by atoms with E-state index in [4.69, 9.17) is 13.9 Å². The molecule has 1 atom stereocenters. The number of benzene rings is 2. The van der Waals surface area contributed by atoms with E-state index in [1.54, 1.807) is 30.3 Å². The average Bonchev–Trinajstić information content (AvgIpc) is 3.47. The van der Waals surface area contributed by atoms with Crippen molar-refractivity contribution >= 4 is 17.4 Å². The fourth-order valence-electron chi connectivity index (χ4n) is 4.02. The first-order chi connectivity index (χ1) is 16.9. The van der Waals surface area contributed by atoms with E-state index in [1.165, 1.54) is 42.5 Å². The molecule has 1 aliphatic rings. The van der Waals surface area contributed by atoms with Crippen LogP contribution in [0.1, 0.15) is 42.7 Å². The summed E-state index contributed by atoms with van der Waals surface area (Å²) in [6.45, 7) is 2.60. The van der Waals surface area contributed by atoms with E-state index in [9.17, 15) is 19.1 Å². The van der Waals surface area contributed by atoms with Crippen molar-refractivity contribution in [1.29, 1.82) is 0 Å². The summed E-state index contributed by atoms with van der Waals surface area (Å²) >= 11 is 0. The standard InChI is InChI=1S/C27H26FNO6/c1-3-4-13-35-21-12-9-18(15-22(21)33-2)24-23(25(30)17-7-10-19(28)11-8-17)26(31)27(32)29(24)16-20-6-5-14-34-20/h5-12,14-15,24,30H,3-4,13,16H2,1-2H3/b25-23+. The number of unbranched alkanes of at least 4 members (excludes halogenated alkanes) is 1. The number of ether oxygens (including phenoxy) is 2. The summed E-state index contributed by atoms with van der Waals surface area (Å²) in [6.07, 6.45) is 3.34. The first kappa shape index (κ1) is 24.1. The fourth-order valence-corrected chi connectivity index (χ4v) is 4.02. The molecule has 3 aromatic rings. The number of methoxy groups -OCH3 is 1. The van der Waals surface area contributed by atoms with Crippen LogP contribution in [0.3, 0.4) is 0 Å². The highest BCUT2D eigenvalue weighted by atomic mass is 19.1. The maximum atomic E-state index is 13.5. The second kappa shape index (κ2) is 10.5. The highest BCUT2D eigenvalue weighted by Crippen LogP contribution is 2.42. The number of amides is 1. The number of carbonyl (C=O) groups is 2. The van der Waals surface area contributed by atoms with Crippen LogP contribution in [0.4, 0.5) is 4.39 Å². The molecule has 0 saturated carbocycles. The number of hydrogen-bond acceptors (Lipinski definition) is 6. The summed E-state index contributed by atoms with van der Waals surface area (Å²) in [4.78, 5) is 27.6. The molecule has 182 valence electrons. The molecule has 1 saturated heterocycles. The Morgan fingerprint density at radius 1 is 1.11 bits per heavy atom. The van der Waals surface area contributed by atoms with Gasteiger partial charge in [-0.15, -0.1) is 0 Å². The van der Waals surface area contributed by atoms with Gasteiger partial charge in [-0.25, -0.2) is 4.39 Å². The maximum Gasteiger partial charge on any atom is 0.296 e. The topological polar surface area (TPSA) is 89.2 Å². The number of ketones is 1. The number of likely N-dealkylation sites (tertiary alicyclic amines) is 1. The Morgan fingerprint density at radius 3 is 2.54 bits per heavy atom. The number of aliphatic hydroxyl groups is 1. The van der Waals surface area contributed by atoms with Crippen molar-refractivity contribution in [3.8, 4) is 11.5 Å². The van der Waals surface area contributed by atoms with E-state index in [2.05, 4.69) is 6.92 Å². The lowest BCUT2D eigenvalue weighted by molar-refractivity contribution is -0.140. The molecule has 0 spiro atoms. The zero-order chi connectivity index (χ0) is 24.9. The van der Waals surface area contributed by atoms with E-state index in [1.807, 2.05) is 0 Å². The van der Waals surface area contributed by atoms with Gasteiger partial charge in [-0.1, -0.05) is 19.4 Å². The zero-order valence-corrected chi connectivity index (χ0v) is 19.5. The summed E-state index contributed by atoms with van der Waals surface area (Å²) in [5.41, 5.74) is 0.660. The summed E-state index contributed by atoms with van der Waals surface area (Å²) < 4.78 is 30.2. The predicted octanol–water partition coefficient (Wildman–Crippen LogP) is 5.23. The third-order valence-corrected chi connectivity index (χ3v) is 5.82. The normalized spacial score (nSPS) is 17.1. The minimum absolute atomic E-state index is 0.0134. The van der Waals surface area contributed by atoms with Crippen LogP contribution in [0.15, 0.2) is 70.9 Å². The van der Waals surface area contributed by atoms with E-state index in [0.717, 1.165) is 12.8 Å². The lowest BCUT2D eigenvalue weighted by Gasteiger charge is -2.25. The number of rotatable bonds is 9. The average molecular weight is 480 g/mol. The largest absolute Gasteiger partial charge is 0.507 e. The Bertz CT molecular complexity index is 1230. The third kappa shape index (κ3) is 4.91. The van der Waals surface area contributed by atoms with Gasteiger partial charge >= 0.3 is 0 Å². The molecule has 0 radical (unpaired) electrons. The summed E-state index contributed by atoms with van der Waals surface area (Å²) in [6, 6.07) is 12.6. The van der Waals surface area contributed by atoms with E-state index < -0.39 is 29.3 Å². The third-order valence-electron chi connectivity index (χ3n) is 5.82. The molecule has 1 aliphatic heterocycles. The molecule has 1 unspecified atom stereocenters. The molecule has 4 rings (SSSR count). The molecule has 8 heteroatoms. The van der Waals surface area contributed by atoms with Crippen LogP contribution in [0.25, 0.3) is 5.76 Å². The van der Waals surface area contributed by atoms with Crippen LogP contribution >= 0.6 is 0 Å². The minimum Gasteiger partial charge on any atom is -0.507 e. The molecule has 7 nitrogen and oxygen atoms in total. The Morgan fingerprint density at radius 2 is 1.89 bits per heavy atom. The number of halogens is 1. The Balaban J connectivity index is 1.82. The second-order valence-corrected chi connectivity index (χ2v) is 8.13. The van der Waals surface area contributed by atoms with E-state index in [-0.39, 0.29) is 17.7 Å². The molecule has 2 aromatic carbocycles. The van der Waals surface area contributed by atoms with Crippen molar-refractivity contribution in [2.45, 2.75) is 32.4 Å². The van der Waals surface area contributed by atoms with Gasteiger partial charge in [0.25, 0.3) is 11.7 Å². The maximum absolute atomic E-state index is 13.5. The highest BCUT2D eigenvalue weighted by Gasteiger charge is 2.46. The summed E-state index contributed by atoms with van der Waals surface area (Å²) in [5, 5.41) is 11.1. The fraction of sp³-hybridized carbons (Fsp3) is 0.259. The molecule has 1 amide bonds. The number of carbonyl (C=O) groups excluding carboxylic acids is 2. The van der Waals surface area contributed by atoms with Crippen molar-refractivity contribution in [2.75, 3.05) is 13.7 Å². The van der Waals surface area contributed by atoms with Crippen molar-refractivity contribution < 1.29 is 33.0 Å². The van der Waals surface area contributed by atoms with Gasteiger partial charge in [-0.2, -0.15) is 0 Å². The van der Waals surface area contributed by atoms with Crippen molar-refractivity contribution in [3.05, 3.63) is 89.1 Å². The quantitative estimate of drug-likeness (QED) is 0.196. The van der Waals surface area contributed by atoms with Gasteiger partial charge in [0.05, 0.1) is 38.1 Å². The van der Waals surface area contributed by atoms with Crippen LogP contribution in [-0.4, -0.2) is 35.4 Å². The van der Waals surface area contributed by atoms with E-state index >= 15 is 0 Å². The van der Waals surface area contributed by atoms with Gasteiger partial charge in [-0.3, -0.25) is 9.59 Å². The summed E-state index contributed by atoms with van der Waals surface area (Å²) in [7, 11) is 1.50. The number of Topliss-reactive ketones (excluding diaryl/α,β-unsaturated/α-hetero) is 1. The Labute approximate surface area is 202 Å².